The van der Waals surface area contributed by atoms with Crippen LogP contribution in [-0.4, -0.2) is 10.9 Å². The van der Waals surface area contributed by atoms with E-state index in [0.717, 1.165) is 11.1 Å². The molecule has 0 amide bonds. The van der Waals surface area contributed by atoms with Gasteiger partial charge in [-0.1, -0.05) is 54.1 Å². The summed E-state index contributed by atoms with van der Waals surface area (Å²) in [6.45, 7) is 2.04. The first-order valence-corrected chi connectivity index (χ1v) is 8.33. The Bertz CT molecular complexity index is 990. The summed E-state index contributed by atoms with van der Waals surface area (Å²) in [6.07, 6.45) is 2.73. The summed E-state index contributed by atoms with van der Waals surface area (Å²) in [7, 11) is 0. The molecule has 0 heterocycles. The van der Waals surface area contributed by atoms with E-state index in [4.69, 9.17) is 4.74 Å². The number of carbonyl (C=O) groups is 1. The fraction of sp³-hybridized carbons (Fsp3) is 0.0455. The first-order valence-electron chi connectivity index (χ1n) is 8.33. The molecule has 0 saturated carbocycles. The number of benzene rings is 3. The maximum atomic E-state index is 12.0. The highest BCUT2D eigenvalue weighted by molar-refractivity contribution is 5.88. The van der Waals surface area contributed by atoms with E-state index >= 15 is 0 Å². The summed E-state index contributed by atoms with van der Waals surface area (Å²) in [5.41, 5.74) is 3.83. The number of carbonyl (C=O) groups excluding carboxylic acids is 1. The van der Waals surface area contributed by atoms with E-state index in [1.54, 1.807) is 24.3 Å². The summed E-state index contributed by atoms with van der Waals surface area (Å²) >= 11 is 0. The molecule has 0 N–H and O–H groups in total. The van der Waals surface area contributed by atoms with E-state index in [1.165, 1.54) is 29.8 Å². The van der Waals surface area contributed by atoms with E-state index in [2.05, 4.69) is 0 Å². The number of hydrogen-bond acceptors (Lipinski definition) is 4. The van der Waals surface area contributed by atoms with Crippen molar-refractivity contribution in [1.82, 2.24) is 0 Å². The van der Waals surface area contributed by atoms with Gasteiger partial charge in [-0.15, -0.1) is 0 Å². The Morgan fingerprint density at radius 2 is 1.59 bits per heavy atom. The zero-order chi connectivity index (χ0) is 19.2. The minimum atomic E-state index is -0.551. The Labute approximate surface area is 156 Å². The van der Waals surface area contributed by atoms with E-state index in [1.807, 2.05) is 43.3 Å². The zero-order valence-corrected chi connectivity index (χ0v) is 14.7. The summed E-state index contributed by atoms with van der Waals surface area (Å²) in [5, 5.41) is 10.8. The van der Waals surface area contributed by atoms with Gasteiger partial charge in [-0.05, 0) is 41.8 Å². The van der Waals surface area contributed by atoms with Crippen LogP contribution in [0.3, 0.4) is 0 Å². The maximum absolute atomic E-state index is 12.0. The molecule has 0 bridgehead atoms. The molecule has 0 aliphatic carbocycles. The quantitative estimate of drug-likeness (QED) is 0.207. The molecule has 0 atom stereocenters. The third kappa shape index (κ3) is 4.89. The predicted molar refractivity (Wildman–Crippen MR) is 104 cm³/mol. The van der Waals surface area contributed by atoms with E-state index in [9.17, 15) is 14.9 Å². The van der Waals surface area contributed by atoms with Crippen LogP contribution in [0.25, 0.3) is 17.2 Å². The number of nitro groups is 1. The molecule has 5 heteroatoms. The van der Waals surface area contributed by atoms with Gasteiger partial charge in [-0.25, -0.2) is 4.79 Å². The molecule has 5 nitrogen and oxygen atoms in total. The van der Waals surface area contributed by atoms with E-state index in [-0.39, 0.29) is 5.69 Å². The lowest BCUT2D eigenvalue weighted by atomic mass is 10.0. The molecule has 27 heavy (non-hydrogen) atoms. The third-order valence-electron chi connectivity index (χ3n) is 3.95. The molecule has 3 aromatic carbocycles. The SMILES string of the molecule is Cc1ccc(-c2ccc(OC(=O)/C=C/c3cccc([N+](=O)[O-])c3)cc2)cc1. The van der Waals surface area contributed by atoms with Gasteiger partial charge in [0.15, 0.2) is 0 Å². The van der Waals surface area contributed by atoms with Gasteiger partial charge in [0.1, 0.15) is 5.75 Å². The average molecular weight is 359 g/mol. The van der Waals surface area contributed by atoms with Gasteiger partial charge in [0.05, 0.1) is 4.92 Å². The van der Waals surface area contributed by atoms with Gasteiger partial charge in [-0.3, -0.25) is 10.1 Å². The second-order valence-corrected chi connectivity index (χ2v) is 6.00. The Kier molecular flexibility index (Phi) is 5.42. The van der Waals surface area contributed by atoms with Gasteiger partial charge in [0.2, 0.25) is 0 Å². The molecule has 3 aromatic rings. The van der Waals surface area contributed by atoms with Crippen molar-refractivity contribution < 1.29 is 14.5 Å². The van der Waals surface area contributed by atoms with E-state index in [0.29, 0.717) is 11.3 Å². The van der Waals surface area contributed by atoms with Crippen LogP contribution in [0.15, 0.2) is 78.9 Å². The number of nitrogens with zero attached hydrogens (tertiary/aromatic N) is 1. The Balaban J connectivity index is 1.65. The Hall–Kier alpha value is -3.73. The second kappa shape index (κ2) is 8.10. The first kappa shape index (κ1) is 18.1. The number of ether oxygens (including phenoxy) is 1. The van der Waals surface area contributed by atoms with Gasteiger partial charge < -0.3 is 4.74 Å². The molecular formula is C22H17NO4. The van der Waals surface area contributed by atoms with E-state index < -0.39 is 10.9 Å². The van der Waals surface area contributed by atoms with Crippen molar-refractivity contribution in [3.8, 4) is 16.9 Å². The number of aryl methyl sites for hydroxylation is 1. The Morgan fingerprint density at radius 3 is 2.22 bits per heavy atom. The molecule has 3 rings (SSSR count). The smallest absolute Gasteiger partial charge is 0.336 e. The van der Waals surface area contributed by atoms with Crippen molar-refractivity contribution in [2.24, 2.45) is 0 Å². The lowest BCUT2D eigenvalue weighted by Crippen LogP contribution is -2.03. The highest BCUT2D eigenvalue weighted by Crippen LogP contribution is 2.23. The minimum absolute atomic E-state index is 0.0304. The fourth-order valence-corrected chi connectivity index (χ4v) is 2.52. The molecule has 0 aliphatic rings. The molecule has 0 aliphatic heterocycles. The molecule has 0 radical (unpaired) electrons. The van der Waals surface area contributed by atoms with Gasteiger partial charge >= 0.3 is 5.97 Å². The van der Waals surface area contributed by atoms with Gasteiger partial charge in [0, 0.05) is 18.2 Å². The van der Waals surface area contributed by atoms with Crippen molar-refractivity contribution in [3.63, 3.8) is 0 Å². The highest BCUT2D eigenvalue weighted by Gasteiger charge is 2.05. The van der Waals surface area contributed by atoms with Crippen LogP contribution < -0.4 is 4.74 Å². The third-order valence-corrected chi connectivity index (χ3v) is 3.95. The van der Waals surface area contributed by atoms with Crippen molar-refractivity contribution in [2.45, 2.75) is 6.92 Å². The number of esters is 1. The van der Waals surface area contributed by atoms with Crippen LogP contribution in [0.1, 0.15) is 11.1 Å². The number of rotatable bonds is 5. The number of non-ortho nitro benzene ring substituents is 1. The van der Waals surface area contributed by atoms with Crippen LogP contribution in [0.2, 0.25) is 0 Å². The standard InChI is InChI=1S/C22H17NO4/c1-16-5-8-18(9-6-16)19-10-12-21(13-11-19)27-22(24)14-7-17-3-2-4-20(15-17)23(25)26/h2-15H,1H3/b14-7+. The summed E-state index contributed by atoms with van der Waals surface area (Å²) in [4.78, 5) is 22.2. The van der Waals surface area contributed by atoms with Gasteiger partial charge in [0.25, 0.3) is 5.69 Å². The summed E-state index contributed by atoms with van der Waals surface area (Å²) in [6, 6.07) is 21.4. The second-order valence-electron chi connectivity index (χ2n) is 6.00. The molecule has 0 fully saturated rings. The molecule has 0 unspecified atom stereocenters. The lowest BCUT2D eigenvalue weighted by Gasteiger charge is -2.05. The van der Waals surface area contributed by atoms with Gasteiger partial charge in [-0.2, -0.15) is 0 Å². The van der Waals surface area contributed by atoms with Crippen LogP contribution in [0.5, 0.6) is 5.75 Å². The molecule has 0 aromatic heterocycles. The number of nitro benzene ring substituents is 1. The predicted octanol–water partition coefficient (Wildman–Crippen LogP) is 5.19. The highest BCUT2D eigenvalue weighted by atomic mass is 16.6. The average Bonchev–Trinajstić information content (AvgIpc) is 2.68. The van der Waals surface area contributed by atoms with Crippen LogP contribution in [-0.2, 0) is 4.79 Å². The topological polar surface area (TPSA) is 69.4 Å². The first-order chi connectivity index (χ1) is 13.0. The maximum Gasteiger partial charge on any atom is 0.336 e. The van der Waals surface area contributed by atoms with Crippen molar-refractivity contribution in [3.05, 3.63) is 100 Å². The number of hydrogen-bond donors (Lipinski definition) is 0. The lowest BCUT2D eigenvalue weighted by molar-refractivity contribution is -0.384. The normalized spacial score (nSPS) is 10.7. The van der Waals surface area contributed by atoms with Crippen LogP contribution in [0, 0.1) is 17.0 Å². The van der Waals surface area contributed by atoms with Crippen LogP contribution >= 0.6 is 0 Å². The van der Waals surface area contributed by atoms with Crippen molar-refractivity contribution in [1.29, 1.82) is 0 Å². The van der Waals surface area contributed by atoms with Crippen molar-refractivity contribution in [2.75, 3.05) is 0 Å². The largest absolute Gasteiger partial charge is 0.423 e. The molecule has 0 spiro atoms. The summed E-state index contributed by atoms with van der Waals surface area (Å²) in [5.74, 6) is -0.121. The monoisotopic (exact) mass is 359 g/mol. The summed E-state index contributed by atoms with van der Waals surface area (Å²) < 4.78 is 5.26. The molecule has 0 saturated heterocycles. The fourth-order valence-electron chi connectivity index (χ4n) is 2.52. The van der Waals surface area contributed by atoms with Crippen molar-refractivity contribution >= 4 is 17.7 Å². The minimum Gasteiger partial charge on any atom is -0.423 e. The molecule has 134 valence electrons. The molecular weight excluding hydrogens is 342 g/mol. The van der Waals surface area contributed by atoms with Crippen LogP contribution in [0.4, 0.5) is 5.69 Å². The Morgan fingerprint density at radius 1 is 0.963 bits per heavy atom. The zero-order valence-electron chi connectivity index (χ0n) is 14.7.